The molecule has 0 atom stereocenters. The summed E-state index contributed by atoms with van der Waals surface area (Å²) in [4.78, 5) is 2.13. The van der Waals surface area contributed by atoms with Crippen molar-refractivity contribution in [3.63, 3.8) is 0 Å². The first kappa shape index (κ1) is 14.6. The van der Waals surface area contributed by atoms with Gasteiger partial charge < -0.3 is 17.3 Å². The minimum absolute atomic E-state index is 0. The van der Waals surface area contributed by atoms with Crippen LogP contribution in [0, 0.1) is 6.07 Å². The smallest absolute Gasteiger partial charge is 0.0233 e. The zero-order valence-corrected chi connectivity index (χ0v) is 9.47. The first-order chi connectivity index (χ1) is 4.79. The first-order valence-electron chi connectivity index (χ1n) is 3.39. The molecule has 0 fully saturated rings. The summed E-state index contributed by atoms with van der Waals surface area (Å²) in [6, 6.07) is 11.2. The van der Waals surface area contributed by atoms with Crippen molar-refractivity contribution in [2.75, 3.05) is 14.1 Å². The van der Waals surface area contributed by atoms with Crippen LogP contribution in [0.3, 0.4) is 0 Å². The molecule has 0 aliphatic heterocycles. The Bertz CT molecular complexity index is 189. The van der Waals surface area contributed by atoms with Crippen molar-refractivity contribution < 1.29 is 32.8 Å². The van der Waals surface area contributed by atoms with Gasteiger partial charge in [0.15, 0.2) is 0 Å². The second kappa shape index (κ2) is 7.76. The molecule has 0 heterocycles. The Labute approximate surface area is 94.2 Å². The Balaban J connectivity index is 0. The van der Waals surface area contributed by atoms with E-state index in [1.807, 2.05) is 18.2 Å². The molecule has 3 heteroatoms. The van der Waals surface area contributed by atoms with Crippen LogP contribution >= 0.6 is 0 Å². The van der Waals surface area contributed by atoms with Crippen molar-refractivity contribution in [2.24, 2.45) is 0 Å². The minimum atomic E-state index is 0. The molecule has 71 valence electrons. The van der Waals surface area contributed by atoms with E-state index in [9.17, 15) is 0 Å². The Morgan fingerprint density at radius 3 is 2.42 bits per heavy atom. The van der Waals surface area contributed by atoms with Crippen molar-refractivity contribution in [2.45, 2.75) is 6.54 Å². The predicted octanol–water partition coefficient (Wildman–Crippen LogP) is -1.45. The van der Waals surface area contributed by atoms with Gasteiger partial charge in [-0.3, -0.25) is 0 Å². The van der Waals surface area contributed by atoms with Crippen molar-refractivity contribution in [1.82, 2.24) is 4.90 Å². The third kappa shape index (κ3) is 5.74. The average molecular weight is 276 g/mol. The zero-order valence-electron chi connectivity index (χ0n) is 7.16. The molecule has 0 aliphatic carbocycles. The van der Waals surface area contributed by atoms with Crippen LogP contribution in [0.2, 0.25) is 0 Å². The molecular formula is C9H12ClNPd-. The fourth-order valence-electron chi connectivity index (χ4n) is 0.870. The molecule has 12 heavy (non-hydrogen) atoms. The largest absolute Gasteiger partial charge is 1.00 e. The third-order valence-electron chi connectivity index (χ3n) is 1.26. The Morgan fingerprint density at radius 2 is 2.00 bits per heavy atom. The molecule has 0 unspecified atom stereocenters. The molecule has 0 amide bonds. The van der Waals surface area contributed by atoms with Gasteiger partial charge in [-0.15, -0.1) is 0 Å². The summed E-state index contributed by atoms with van der Waals surface area (Å²) in [6.07, 6.45) is 0. The van der Waals surface area contributed by atoms with Gasteiger partial charge in [0.1, 0.15) is 0 Å². The molecule has 0 spiro atoms. The van der Waals surface area contributed by atoms with Gasteiger partial charge in [0.05, 0.1) is 0 Å². The second-order valence-electron chi connectivity index (χ2n) is 2.63. The van der Waals surface area contributed by atoms with Crippen LogP contribution in [-0.2, 0) is 27.0 Å². The van der Waals surface area contributed by atoms with Crippen LogP contribution < -0.4 is 12.4 Å². The normalized spacial score (nSPS) is 8.58. The number of nitrogens with zero attached hydrogens (tertiary/aromatic N) is 1. The van der Waals surface area contributed by atoms with E-state index in [0.29, 0.717) is 0 Å². The topological polar surface area (TPSA) is 3.24 Å². The van der Waals surface area contributed by atoms with Gasteiger partial charge in [-0.2, -0.15) is 0 Å². The van der Waals surface area contributed by atoms with Crippen LogP contribution in [-0.4, -0.2) is 19.0 Å². The quantitative estimate of drug-likeness (QED) is 0.597. The van der Waals surface area contributed by atoms with E-state index >= 15 is 0 Å². The molecule has 0 aliphatic rings. The van der Waals surface area contributed by atoms with Crippen molar-refractivity contribution in [1.29, 1.82) is 0 Å². The molecule has 0 saturated heterocycles. The van der Waals surface area contributed by atoms with Gasteiger partial charge in [0.25, 0.3) is 0 Å². The number of hydrogen-bond acceptors (Lipinski definition) is 1. The van der Waals surface area contributed by atoms with E-state index in [0.717, 1.165) is 6.54 Å². The number of halogens is 1. The fraction of sp³-hybridized carbons (Fsp3) is 0.333. The van der Waals surface area contributed by atoms with Gasteiger partial charge in [0, 0.05) is 27.0 Å². The van der Waals surface area contributed by atoms with Crippen LogP contribution in [0.5, 0.6) is 0 Å². The molecule has 1 aromatic rings. The summed E-state index contributed by atoms with van der Waals surface area (Å²) in [7, 11) is 4.11. The Kier molecular flexibility index (Phi) is 9.48. The van der Waals surface area contributed by atoms with Crippen molar-refractivity contribution in [3.8, 4) is 0 Å². The molecular weight excluding hydrogens is 264 g/mol. The predicted molar refractivity (Wildman–Crippen MR) is 42.7 cm³/mol. The van der Waals surface area contributed by atoms with Gasteiger partial charge in [-0.05, 0) is 25.7 Å². The summed E-state index contributed by atoms with van der Waals surface area (Å²) in [6.45, 7) is 0.973. The van der Waals surface area contributed by atoms with Gasteiger partial charge in [-0.1, -0.05) is 24.3 Å². The maximum Gasteiger partial charge on any atom is 0.0233 e. The molecule has 1 rings (SSSR count). The number of hydrogen-bond donors (Lipinski definition) is 0. The summed E-state index contributed by atoms with van der Waals surface area (Å²) >= 11 is 0. The summed E-state index contributed by atoms with van der Waals surface area (Å²) < 4.78 is 0. The molecule has 0 bridgehead atoms. The van der Waals surface area contributed by atoms with Gasteiger partial charge >= 0.3 is 0 Å². The second-order valence-corrected chi connectivity index (χ2v) is 2.63. The summed E-state index contributed by atoms with van der Waals surface area (Å²) in [5.41, 5.74) is 1.24. The first-order valence-corrected chi connectivity index (χ1v) is 3.39. The minimum Gasteiger partial charge on any atom is -1.00 e. The zero-order chi connectivity index (χ0) is 7.40. The summed E-state index contributed by atoms with van der Waals surface area (Å²) in [5.74, 6) is 0. The maximum absolute atomic E-state index is 3.16. The van der Waals surface area contributed by atoms with E-state index in [1.54, 1.807) is 0 Å². The van der Waals surface area contributed by atoms with Crippen LogP contribution in [0.4, 0.5) is 0 Å². The Morgan fingerprint density at radius 1 is 1.33 bits per heavy atom. The Hall–Kier alpha value is 0.132. The maximum atomic E-state index is 3.16. The number of rotatable bonds is 2. The monoisotopic (exact) mass is 275 g/mol. The summed E-state index contributed by atoms with van der Waals surface area (Å²) in [5, 5.41) is 0. The van der Waals surface area contributed by atoms with Gasteiger partial charge in [0.2, 0.25) is 0 Å². The third-order valence-corrected chi connectivity index (χ3v) is 1.26. The van der Waals surface area contributed by atoms with Gasteiger partial charge in [-0.25, -0.2) is 0 Å². The molecule has 0 aromatic heterocycles. The van der Waals surface area contributed by atoms with E-state index in [-0.39, 0.29) is 32.8 Å². The molecule has 1 nitrogen and oxygen atoms in total. The van der Waals surface area contributed by atoms with Crippen molar-refractivity contribution >= 4 is 0 Å². The average Bonchev–Trinajstić information content (AvgIpc) is 1.88. The molecule has 1 aromatic carbocycles. The van der Waals surface area contributed by atoms with Crippen LogP contribution in [0.15, 0.2) is 24.3 Å². The van der Waals surface area contributed by atoms with E-state index in [4.69, 9.17) is 0 Å². The number of benzene rings is 1. The van der Waals surface area contributed by atoms with E-state index in [2.05, 4.69) is 31.1 Å². The fourth-order valence-corrected chi connectivity index (χ4v) is 0.870. The SMILES string of the molecule is CN(C)Cc1[c]cccc1.[Cl-].[Pd]. The van der Waals surface area contributed by atoms with E-state index in [1.165, 1.54) is 5.56 Å². The molecule has 1 radical (unpaired) electrons. The van der Waals surface area contributed by atoms with Crippen LogP contribution in [0.25, 0.3) is 0 Å². The van der Waals surface area contributed by atoms with E-state index < -0.39 is 0 Å². The molecule has 0 saturated carbocycles. The van der Waals surface area contributed by atoms with Crippen LogP contribution in [0.1, 0.15) is 5.56 Å². The standard InChI is InChI=1S/C9H12N.ClH.Pd/c1-10(2)8-9-6-4-3-5-7-9;;/h3-6H,8H2,1-2H3;1H;/p-1. The molecule has 0 N–H and O–H groups in total. The van der Waals surface area contributed by atoms with Crippen molar-refractivity contribution in [3.05, 3.63) is 35.9 Å².